The second kappa shape index (κ2) is 4.54. The minimum absolute atomic E-state index is 0.0377. The number of aryl methyl sites for hydroxylation is 1. The lowest BCUT2D eigenvalue weighted by Gasteiger charge is -2.05. The van der Waals surface area contributed by atoms with Crippen LogP contribution < -0.4 is 10.9 Å². The zero-order valence-electron chi connectivity index (χ0n) is 7.81. The van der Waals surface area contributed by atoms with E-state index in [-0.39, 0.29) is 5.75 Å². The van der Waals surface area contributed by atoms with Gasteiger partial charge in [-0.25, -0.2) is 13.6 Å². The molecular formula is C9H14N2O2S. The van der Waals surface area contributed by atoms with Crippen LogP contribution in [0.4, 0.5) is 0 Å². The highest BCUT2D eigenvalue weighted by atomic mass is 32.2. The molecule has 0 aromatic heterocycles. The van der Waals surface area contributed by atoms with Crippen LogP contribution in [0.2, 0.25) is 0 Å². The molecule has 0 aliphatic carbocycles. The lowest BCUT2D eigenvalue weighted by atomic mass is 10.1. The van der Waals surface area contributed by atoms with Crippen LogP contribution in [-0.4, -0.2) is 14.2 Å². The second-order valence-corrected chi connectivity index (χ2v) is 4.82. The van der Waals surface area contributed by atoms with Gasteiger partial charge in [0.25, 0.3) is 0 Å². The van der Waals surface area contributed by atoms with Crippen molar-refractivity contribution < 1.29 is 8.42 Å². The number of hydrogen-bond donors (Lipinski definition) is 2. The molecule has 0 atom stereocenters. The van der Waals surface area contributed by atoms with Crippen molar-refractivity contribution >= 4 is 10.0 Å². The SMILES string of the molecule is NCc1ccccc1CCS(N)(=O)=O. The van der Waals surface area contributed by atoms with E-state index in [2.05, 4.69) is 0 Å². The Balaban J connectivity index is 2.76. The van der Waals surface area contributed by atoms with E-state index in [4.69, 9.17) is 10.9 Å². The Morgan fingerprint density at radius 3 is 2.21 bits per heavy atom. The molecule has 0 spiro atoms. The van der Waals surface area contributed by atoms with Crippen LogP contribution in [0.3, 0.4) is 0 Å². The summed E-state index contributed by atoms with van der Waals surface area (Å²) in [6.07, 6.45) is 0.423. The summed E-state index contributed by atoms with van der Waals surface area (Å²) in [5.41, 5.74) is 7.43. The Morgan fingerprint density at radius 2 is 1.71 bits per heavy atom. The Bertz CT molecular complexity index is 401. The summed E-state index contributed by atoms with van der Waals surface area (Å²) >= 11 is 0. The molecule has 78 valence electrons. The maximum atomic E-state index is 10.8. The summed E-state index contributed by atoms with van der Waals surface area (Å²) in [6.45, 7) is 0.417. The molecule has 1 rings (SSSR count). The summed E-state index contributed by atoms with van der Waals surface area (Å²) in [5, 5.41) is 4.92. The lowest BCUT2D eigenvalue weighted by Crippen LogP contribution is -2.18. The van der Waals surface area contributed by atoms with Crippen molar-refractivity contribution in [3.8, 4) is 0 Å². The van der Waals surface area contributed by atoms with Gasteiger partial charge in [0.2, 0.25) is 10.0 Å². The molecule has 0 saturated heterocycles. The van der Waals surface area contributed by atoms with Crippen LogP contribution in [0.1, 0.15) is 11.1 Å². The maximum absolute atomic E-state index is 10.8. The summed E-state index contributed by atoms with van der Waals surface area (Å²) < 4.78 is 21.5. The second-order valence-electron chi connectivity index (χ2n) is 3.09. The first kappa shape index (κ1) is 11.2. The van der Waals surface area contributed by atoms with Crippen molar-refractivity contribution in [2.45, 2.75) is 13.0 Å². The molecule has 4 nitrogen and oxygen atoms in total. The molecule has 0 aliphatic rings. The van der Waals surface area contributed by atoms with E-state index in [1.165, 1.54) is 0 Å². The van der Waals surface area contributed by atoms with Crippen LogP contribution in [0, 0.1) is 0 Å². The minimum Gasteiger partial charge on any atom is -0.326 e. The highest BCUT2D eigenvalue weighted by molar-refractivity contribution is 7.89. The molecule has 1 aromatic rings. The maximum Gasteiger partial charge on any atom is 0.209 e. The fraction of sp³-hybridized carbons (Fsp3) is 0.333. The average molecular weight is 214 g/mol. The van der Waals surface area contributed by atoms with Gasteiger partial charge in [-0.05, 0) is 17.5 Å². The predicted octanol–water partition coefficient (Wildman–Crippen LogP) is -0.0237. The van der Waals surface area contributed by atoms with Gasteiger partial charge in [0.05, 0.1) is 5.75 Å². The third-order valence-corrected chi connectivity index (χ3v) is 2.77. The number of hydrogen-bond acceptors (Lipinski definition) is 3. The van der Waals surface area contributed by atoms with Crippen LogP contribution in [0.5, 0.6) is 0 Å². The molecule has 14 heavy (non-hydrogen) atoms. The molecular weight excluding hydrogens is 200 g/mol. The van der Waals surface area contributed by atoms with E-state index >= 15 is 0 Å². The lowest BCUT2D eigenvalue weighted by molar-refractivity contribution is 0.597. The van der Waals surface area contributed by atoms with E-state index in [9.17, 15) is 8.42 Å². The minimum atomic E-state index is -3.39. The molecule has 0 radical (unpaired) electrons. The zero-order valence-corrected chi connectivity index (χ0v) is 8.63. The quantitative estimate of drug-likeness (QED) is 0.738. The van der Waals surface area contributed by atoms with Crippen LogP contribution in [0.15, 0.2) is 24.3 Å². The molecule has 0 aliphatic heterocycles. The van der Waals surface area contributed by atoms with Crippen molar-refractivity contribution in [3.63, 3.8) is 0 Å². The molecule has 0 amide bonds. The topological polar surface area (TPSA) is 86.2 Å². The molecule has 0 heterocycles. The van der Waals surface area contributed by atoms with E-state index in [0.717, 1.165) is 11.1 Å². The number of nitrogens with two attached hydrogens (primary N) is 2. The fourth-order valence-corrected chi connectivity index (χ4v) is 1.76. The average Bonchev–Trinajstić information content (AvgIpc) is 2.14. The molecule has 1 aromatic carbocycles. The summed E-state index contributed by atoms with van der Waals surface area (Å²) in [6, 6.07) is 7.49. The van der Waals surface area contributed by atoms with E-state index in [1.54, 1.807) is 0 Å². The number of primary sulfonamides is 1. The standard InChI is InChI=1S/C9H14N2O2S/c10-7-9-4-2-1-3-8(9)5-6-14(11,12)13/h1-4H,5-7,10H2,(H2,11,12,13). The van der Waals surface area contributed by atoms with Gasteiger partial charge in [-0.3, -0.25) is 0 Å². The van der Waals surface area contributed by atoms with Crippen molar-refractivity contribution in [2.75, 3.05) is 5.75 Å². The first-order valence-electron chi connectivity index (χ1n) is 4.30. The van der Waals surface area contributed by atoms with Gasteiger partial charge in [0.1, 0.15) is 0 Å². The van der Waals surface area contributed by atoms with Gasteiger partial charge in [-0.15, -0.1) is 0 Å². The molecule has 5 heteroatoms. The van der Waals surface area contributed by atoms with Crippen LogP contribution >= 0.6 is 0 Å². The van der Waals surface area contributed by atoms with Crippen molar-refractivity contribution in [1.82, 2.24) is 0 Å². The number of sulfonamides is 1. The Labute approximate surface area is 84.0 Å². The highest BCUT2D eigenvalue weighted by Crippen LogP contribution is 2.08. The van der Waals surface area contributed by atoms with Gasteiger partial charge in [-0.2, -0.15) is 0 Å². The third kappa shape index (κ3) is 3.45. The molecule has 0 fully saturated rings. The van der Waals surface area contributed by atoms with Gasteiger partial charge in [-0.1, -0.05) is 24.3 Å². The fourth-order valence-electron chi connectivity index (χ4n) is 1.25. The first-order chi connectivity index (χ1) is 6.53. The number of benzene rings is 1. The van der Waals surface area contributed by atoms with Crippen molar-refractivity contribution in [2.24, 2.45) is 10.9 Å². The molecule has 0 saturated carbocycles. The van der Waals surface area contributed by atoms with Gasteiger partial charge < -0.3 is 5.73 Å². The van der Waals surface area contributed by atoms with Gasteiger partial charge >= 0.3 is 0 Å². The Kier molecular flexibility index (Phi) is 3.62. The van der Waals surface area contributed by atoms with Gasteiger partial charge in [0, 0.05) is 6.54 Å². The zero-order chi connectivity index (χ0) is 10.6. The van der Waals surface area contributed by atoms with E-state index in [1.807, 2.05) is 24.3 Å². The summed E-state index contributed by atoms with van der Waals surface area (Å²) in [7, 11) is -3.39. The predicted molar refractivity (Wildman–Crippen MR) is 56.0 cm³/mol. The van der Waals surface area contributed by atoms with Crippen LogP contribution in [0.25, 0.3) is 0 Å². The third-order valence-electron chi connectivity index (χ3n) is 1.99. The Hall–Kier alpha value is -0.910. The van der Waals surface area contributed by atoms with E-state index < -0.39 is 10.0 Å². The monoisotopic (exact) mass is 214 g/mol. The van der Waals surface area contributed by atoms with Crippen molar-refractivity contribution in [3.05, 3.63) is 35.4 Å². The molecule has 0 bridgehead atoms. The molecule has 4 N–H and O–H groups in total. The summed E-state index contributed by atoms with van der Waals surface area (Å²) in [5.74, 6) is -0.0377. The van der Waals surface area contributed by atoms with E-state index in [0.29, 0.717) is 13.0 Å². The molecule has 0 unspecified atom stereocenters. The smallest absolute Gasteiger partial charge is 0.209 e. The summed E-state index contributed by atoms with van der Waals surface area (Å²) in [4.78, 5) is 0. The van der Waals surface area contributed by atoms with Crippen LogP contribution in [-0.2, 0) is 23.0 Å². The normalized spacial score (nSPS) is 11.6. The first-order valence-corrected chi connectivity index (χ1v) is 6.02. The van der Waals surface area contributed by atoms with Gasteiger partial charge in [0.15, 0.2) is 0 Å². The number of rotatable bonds is 4. The highest BCUT2D eigenvalue weighted by Gasteiger charge is 2.05. The van der Waals surface area contributed by atoms with Crippen molar-refractivity contribution in [1.29, 1.82) is 0 Å². The largest absolute Gasteiger partial charge is 0.326 e. The Morgan fingerprint density at radius 1 is 1.14 bits per heavy atom.